The van der Waals surface area contributed by atoms with E-state index < -0.39 is 0 Å². The van der Waals surface area contributed by atoms with Crippen LogP contribution in [0.4, 0.5) is 0 Å². The first-order valence-electron chi connectivity index (χ1n) is 7.67. The Morgan fingerprint density at radius 2 is 1.89 bits per heavy atom. The van der Waals surface area contributed by atoms with Crippen LogP contribution in [-0.4, -0.2) is 60.6 Å². The minimum atomic E-state index is 0.243. The van der Waals surface area contributed by atoms with Gasteiger partial charge in [0.1, 0.15) is 0 Å². The van der Waals surface area contributed by atoms with E-state index in [9.17, 15) is 0 Å². The molecule has 0 radical (unpaired) electrons. The summed E-state index contributed by atoms with van der Waals surface area (Å²) in [5.41, 5.74) is 0.243. The third-order valence-corrected chi connectivity index (χ3v) is 3.96. The average Bonchev–Trinajstić information content (AvgIpc) is 2.74. The molecular weight excluding hydrogens is 222 g/mol. The topological polar surface area (TPSA) is 18.5 Å². The normalized spacial score (nSPS) is 22.0. The number of likely N-dealkylation sites (tertiary alicyclic amines) is 1. The second-order valence-electron chi connectivity index (χ2n) is 6.49. The highest BCUT2D eigenvalue weighted by Gasteiger charge is 2.25. The number of nitrogens with one attached hydrogen (secondary N) is 1. The first kappa shape index (κ1) is 15.9. The molecule has 18 heavy (non-hydrogen) atoms. The van der Waals surface area contributed by atoms with Crippen molar-refractivity contribution in [1.29, 1.82) is 0 Å². The third-order valence-electron chi connectivity index (χ3n) is 3.96. The van der Waals surface area contributed by atoms with E-state index in [-0.39, 0.29) is 5.54 Å². The fraction of sp³-hybridized carbons (Fsp3) is 1.00. The van der Waals surface area contributed by atoms with Crippen molar-refractivity contribution in [2.75, 3.05) is 39.3 Å². The van der Waals surface area contributed by atoms with Gasteiger partial charge >= 0.3 is 0 Å². The molecule has 1 saturated heterocycles. The van der Waals surface area contributed by atoms with E-state index in [1.165, 1.54) is 45.6 Å². The Morgan fingerprint density at radius 3 is 2.44 bits per heavy atom. The van der Waals surface area contributed by atoms with Crippen LogP contribution in [0.25, 0.3) is 0 Å². The number of rotatable bonds is 7. The molecule has 3 heteroatoms. The van der Waals surface area contributed by atoms with Crippen LogP contribution in [0.5, 0.6) is 0 Å². The number of hydrogen-bond donors (Lipinski definition) is 1. The summed E-state index contributed by atoms with van der Waals surface area (Å²) in [6.07, 6.45) is 2.73. The molecule has 1 rings (SSSR count). The van der Waals surface area contributed by atoms with Crippen molar-refractivity contribution < 1.29 is 0 Å². The average molecular weight is 255 g/mol. The Labute approximate surface area is 114 Å². The lowest BCUT2D eigenvalue weighted by Crippen LogP contribution is -2.46. The summed E-state index contributed by atoms with van der Waals surface area (Å²) in [5.74, 6) is 0. The van der Waals surface area contributed by atoms with E-state index in [0.29, 0.717) is 0 Å². The quantitative estimate of drug-likeness (QED) is 0.752. The third kappa shape index (κ3) is 5.68. The zero-order valence-electron chi connectivity index (χ0n) is 13.1. The molecule has 1 atom stereocenters. The maximum Gasteiger partial charge on any atom is 0.0221 e. The Hall–Kier alpha value is -0.120. The lowest BCUT2D eigenvalue weighted by molar-refractivity contribution is 0.193. The highest BCUT2D eigenvalue weighted by atomic mass is 15.2. The SMILES string of the molecule is CCN(CC)CCN1CCCC1CNC(C)(C)C. The predicted molar refractivity (Wildman–Crippen MR) is 80.1 cm³/mol. The van der Waals surface area contributed by atoms with Crippen LogP contribution in [0, 0.1) is 0 Å². The molecule has 3 nitrogen and oxygen atoms in total. The molecule has 1 unspecified atom stereocenters. The van der Waals surface area contributed by atoms with Gasteiger partial charge in [-0.25, -0.2) is 0 Å². The van der Waals surface area contributed by atoms with Crippen molar-refractivity contribution in [2.24, 2.45) is 0 Å². The lowest BCUT2D eigenvalue weighted by atomic mass is 10.1. The van der Waals surface area contributed by atoms with E-state index in [1.54, 1.807) is 0 Å². The van der Waals surface area contributed by atoms with E-state index in [4.69, 9.17) is 0 Å². The number of hydrogen-bond acceptors (Lipinski definition) is 3. The minimum Gasteiger partial charge on any atom is -0.311 e. The van der Waals surface area contributed by atoms with Gasteiger partial charge in [0.2, 0.25) is 0 Å². The van der Waals surface area contributed by atoms with Crippen molar-refractivity contribution in [3.8, 4) is 0 Å². The van der Waals surface area contributed by atoms with E-state index in [1.807, 2.05) is 0 Å². The summed E-state index contributed by atoms with van der Waals surface area (Å²) < 4.78 is 0. The van der Waals surface area contributed by atoms with Gasteiger partial charge in [-0.3, -0.25) is 4.90 Å². The highest BCUT2D eigenvalue weighted by molar-refractivity contribution is 4.84. The molecule has 0 aromatic rings. The zero-order valence-corrected chi connectivity index (χ0v) is 13.1. The Balaban J connectivity index is 2.31. The lowest BCUT2D eigenvalue weighted by Gasteiger charge is -2.30. The van der Waals surface area contributed by atoms with Gasteiger partial charge < -0.3 is 10.2 Å². The highest BCUT2D eigenvalue weighted by Crippen LogP contribution is 2.17. The Morgan fingerprint density at radius 1 is 1.22 bits per heavy atom. The van der Waals surface area contributed by atoms with E-state index >= 15 is 0 Å². The second-order valence-corrected chi connectivity index (χ2v) is 6.49. The van der Waals surface area contributed by atoms with Gasteiger partial charge in [0.15, 0.2) is 0 Å². The fourth-order valence-corrected chi connectivity index (χ4v) is 2.65. The van der Waals surface area contributed by atoms with Crippen molar-refractivity contribution in [3.05, 3.63) is 0 Å². The van der Waals surface area contributed by atoms with Crippen LogP contribution in [-0.2, 0) is 0 Å². The first-order valence-corrected chi connectivity index (χ1v) is 7.67. The Bertz CT molecular complexity index is 218. The monoisotopic (exact) mass is 255 g/mol. The van der Waals surface area contributed by atoms with Gasteiger partial charge in [-0.2, -0.15) is 0 Å². The number of likely N-dealkylation sites (N-methyl/N-ethyl adjacent to an activating group) is 1. The van der Waals surface area contributed by atoms with Crippen LogP contribution in [0.15, 0.2) is 0 Å². The summed E-state index contributed by atoms with van der Waals surface area (Å²) in [4.78, 5) is 5.20. The molecule has 0 amide bonds. The summed E-state index contributed by atoms with van der Waals surface area (Å²) in [6, 6.07) is 0.750. The second kappa shape index (κ2) is 7.46. The fourth-order valence-electron chi connectivity index (χ4n) is 2.65. The molecule has 1 N–H and O–H groups in total. The van der Waals surface area contributed by atoms with Gasteiger partial charge in [-0.15, -0.1) is 0 Å². The summed E-state index contributed by atoms with van der Waals surface area (Å²) in [6.45, 7) is 18.5. The molecule has 1 aliphatic heterocycles. The Kier molecular flexibility index (Phi) is 6.61. The van der Waals surface area contributed by atoms with Gasteiger partial charge in [-0.1, -0.05) is 13.8 Å². The van der Waals surface area contributed by atoms with Crippen LogP contribution in [0.2, 0.25) is 0 Å². The molecule has 108 valence electrons. The zero-order chi connectivity index (χ0) is 13.6. The van der Waals surface area contributed by atoms with Crippen LogP contribution in [0.1, 0.15) is 47.5 Å². The van der Waals surface area contributed by atoms with Crippen molar-refractivity contribution in [1.82, 2.24) is 15.1 Å². The molecule has 0 aromatic heterocycles. The van der Waals surface area contributed by atoms with Gasteiger partial charge in [0, 0.05) is 31.2 Å². The largest absolute Gasteiger partial charge is 0.311 e. The molecular formula is C15H33N3. The van der Waals surface area contributed by atoms with E-state index in [0.717, 1.165) is 12.6 Å². The minimum absolute atomic E-state index is 0.243. The predicted octanol–water partition coefficient (Wildman–Crippen LogP) is 2.18. The maximum absolute atomic E-state index is 3.65. The first-order chi connectivity index (χ1) is 8.46. The van der Waals surface area contributed by atoms with Crippen molar-refractivity contribution in [3.63, 3.8) is 0 Å². The number of nitrogens with zero attached hydrogens (tertiary/aromatic N) is 2. The van der Waals surface area contributed by atoms with Gasteiger partial charge in [0.25, 0.3) is 0 Å². The standard InChI is InChI=1S/C15H33N3/c1-6-17(7-2)11-12-18-10-8-9-14(18)13-16-15(3,4)5/h14,16H,6-13H2,1-5H3. The molecule has 1 aliphatic rings. The molecule has 0 bridgehead atoms. The van der Waals surface area contributed by atoms with Crippen LogP contribution < -0.4 is 5.32 Å². The van der Waals surface area contributed by atoms with Crippen LogP contribution >= 0.6 is 0 Å². The molecule has 1 heterocycles. The summed E-state index contributed by atoms with van der Waals surface area (Å²) in [7, 11) is 0. The molecule has 0 saturated carbocycles. The van der Waals surface area contributed by atoms with Gasteiger partial charge in [-0.05, 0) is 53.2 Å². The summed E-state index contributed by atoms with van der Waals surface area (Å²) >= 11 is 0. The van der Waals surface area contributed by atoms with Crippen molar-refractivity contribution >= 4 is 0 Å². The molecule has 0 spiro atoms. The van der Waals surface area contributed by atoms with Crippen LogP contribution in [0.3, 0.4) is 0 Å². The maximum atomic E-state index is 3.65. The summed E-state index contributed by atoms with van der Waals surface area (Å²) in [5, 5.41) is 3.65. The molecule has 0 aliphatic carbocycles. The molecule has 0 aromatic carbocycles. The smallest absolute Gasteiger partial charge is 0.0221 e. The molecule has 1 fully saturated rings. The van der Waals surface area contributed by atoms with Crippen molar-refractivity contribution in [2.45, 2.75) is 59.0 Å². The van der Waals surface area contributed by atoms with Gasteiger partial charge in [0.05, 0.1) is 0 Å². The van der Waals surface area contributed by atoms with E-state index in [2.05, 4.69) is 49.7 Å².